The fourth-order valence-electron chi connectivity index (χ4n) is 3.06. The molecular formula is C16H27N3O9. The zero-order valence-corrected chi connectivity index (χ0v) is 16.0. The molecule has 28 heavy (non-hydrogen) atoms. The predicted octanol–water partition coefficient (Wildman–Crippen LogP) is -0.692. The molecule has 2 fully saturated rings. The Morgan fingerprint density at radius 2 is 1.93 bits per heavy atom. The number of hydrogen-bond donors (Lipinski definition) is 3. The fourth-order valence-corrected chi connectivity index (χ4v) is 3.06. The van der Waals surface area contributed by atoms with Crippen molar-refractivity contribution in [3.63, 3.8) is 0 Å². The van der Waals surface area contributed by atoms with Gasteiger partial charge in [-0.2, -0.15) is 0 Å². The number of carbonyl (C=O) groups excluding carboxylic acids is 1. The third-order valence-corrected chi connectivity index (χ3v) is 5.04. The Labute approximate surface area is 161 Å². The molecule has 0 aromatic rings. The summed E-state index contributed by atoms with van der Waals surface area (Å²) in [6.07, 6.45) is -9.41. The third-order valence-electron chi connectivity index (χ3n) is 5.04. The summed E-state index contributed by atoms with van der Waals surface area (Å²) in [5.41, 5.74) is 8.30. The first-order chi connectivity index (χ1) is 13.3. The van der Waals surface area contributed by atoms with Crippen molar-refractivity contribution >= 4 is 5.97 Å². The topological polar surface area (TPSA) is 173 Å². The van der Waals surface area contributed by atoms with Crippen LogP contribution < -0.4 is 0 Å². The molecule has 0 amide bonds. The molecule has 3 unspecified atom stereocenters. The van der Waals surface area contributed by atoms with Gasteiger partial charge in [0.25, 0.3) is 0 Å². The van der Waals surface area contributed by atoms with Crippen LogP contribution in [-0.4, -0.2) is 91.3 Å². The molecule has 0 aliphatic carbocycles. The summed E-state index contributed by atoms with van der Waals surface area (Å²) in [7, 11) is 1.12. The van der Waals surface area contributed by atoms with Gasteiger partial charge in [0, 0.05) is 11.5 Å². The number of rotatable bonds is 7. The molecular weight excluding hydrogens is 378 g/mol. The molecule has 2 rings (SSSR count). The van der Waals surface area contributed by atoms with E-state index in [1.807, 2.05) is 13.8 Å². The van der Waals surface area contributed by atoms with Gasteiger partial charge in [-0.05, 0) is 17.4 Å². The van der Waals surface area contributed by atoms with E-state index in [0.717, 1.165) is 7.11 Å². The Balaban J connectivity index is 2.13. The third kappa shape index (κ3) is 5.10. The minimum absolute atomic E-state index is 0.0279. The normalized spacial score (nSPS) is 41.1. The van der Waals surface area contributed by atoms with E-state index in [1.165, 1.54) is 0 Å². The fraction of sp³-hybridized carbons (Fsp3) is 0.938. The van der Waals surface area contributed by atoms with Crippen molar-refractivity contribution in [2.24, 2.45) is 17.0 Å². The van der Waals surface area contributed by atoms with E-state index in [0.29, 0.717) is 6.61 Å². The van der Waals surface area contributed by atoms with Crippen LogP contribution in [0.4, 0.5) is 0 Å². The monoisotopic (exact) mass is 405 g/mol. The maximum Gasteiger partial charge on any atom is 0.337 e. The van der Waals surface area contributed by atoms with Crippen LogP contribution >= 0.6 is 0 Å². The standard InChI is InChI=1S/C16H27N3O9/c1-7-6-26-15(9(20)8(7)2)27-12-10(21)13(14(23)24-3)28-16(11(12)22)25-5-4-18-19-17/h7-13,15-16,20-22H,4-6H2,1-3H3/t7-,8+,9?,10+,11?,12+,13?,15-,16-/m1/s1. The van der Waals surface area contributed by atoms with E-state index in [4.69, 9.17) is 24.5 Å². The maximum atomic E-state index is 12.0. The van der Waals surface area contributed by atoms with Crippen molar-refractivity contribution in [3.05, 3.63) is 10.4 Å². The summed E-state index contributed by atoms with van der Waals surface area (Å²) in [6.45, 7) is 3.96. The Morgan fingerprint density at radius 1 is 1.21 bits per heavy atom. The number of methoxy groups -OCH3 is 1. The van der Waals surface area contributed by atoms with Crippen molar-refractivity contribution in [1.82, 2.24) is 0 Å². The van der Waals surface area contributed by atoms with Crippen molar-refractivity contribution < 1.29 is 43.8 Å². The van der Waals surface area contributed by atoms with Gasteiger partial charge in [-0.3, -0.25) is 0 Å². The molecule has 0 spiro atoms. The highest BCUT2D eigenvalue weighted by molar-refractivity contribution is 5.75. The van der Waals surface area contributed by atoms with Crippen LogP contribution in [0, 0.1) is 11.8 Å². The first-order valence-corrected chi connectivity index (χ1v) is 8.98. The van der Waals surface area contributed by atoms with E-state index in [1.54, 1.807) is 0 Å². The summed E-state index contributed by atoms with van der Waals surface area (Å²) < 4.78 is 26.4. The average molecular weight is 405 g/mol. The highest BCUT2D eigenvalue weighted by atomic mass is 16.7. The van der Waals surface area contributed by atoms with Crippen molar-refractivity contribution in [2.45, 2.75) is 56.9 Å². The van der Waals surface area contributed by atoms with Gasteiger partial charge in [-0.1, -0.05) is 19.0 Å². The number of azide groups is 1. The second-order valence-electron chi connectivity index (χ2n) is 6.88. The molecule has 0 saturated carbocycles. The lowest BCUT2D eigenvalue weighted by Crippen LogP contribution is -2.63. The van der Waals surface area contributed by atoms with Gasteiger partial charge in [0.1, 0.15) is 24.4 Å². The van der Waals surface area contributed by atoms with Crippen LogP contribution in [0.1, 0.15) is 13.8 Å². The summed E-state index contributed by atoms with van der Waals surface area (Å²) in [4.78, 5) is 14.5. The number of esters is 1. The molecule has 2 aliphatic rings. The van der Waals surface area contributed by atoms with E-state index >= 15 is 0 Å². The highest BCUT2D eigenvalue weighted by Gasteiger charge is 2.51. The van der Waals surface area contributed by atoms with Crippen LogP contribution in [-0.2, 0) is 28.5 Å². The van der Waals surface area contributed by atoms with E-state index in [2.05, 4.69) is 14.8 Å². The van der Waals surface area contributed by atoms with Crippen LogP contribution in [0.2, 0.25) is 0 Å². The van der Waals surface area contributed by atoms with Crippen LogP contribution in [0.3, 0.4) is 0 Å². The lowest BCUT2D eigenvalue weighted by atomic mass is 9.88. The van der Waals surface area contributed by atoms with Crippen molar-refractivity contribution in [2.75, 3.05) is 26.9 Å². The number of aliphatic hydroxyl groups excluding tert-OH is 3. The minimum Gasteiger partial charge on any atom is -0.467 e. The average Bonchev–Trinajstić information content (AvgIpc) is 2.69. The second-order valence-corrected chi connectivity index (χ2v) is 6.88. The van der Waals surface area contributed by atoms with Gasteiger partial charge < -0.3 is 39.0 Å². The quantitative estimate of drug-likeness (QED) is 0.163. The number of nitrogens with zero attached hydrogens (tertiary/aromatic N) is 3. The molecule has 12 nitrogen and oxygen atoms in total. The zero-order chi connectivity index (χ0) is 20.8. The van der Waals surface area contributed by atoms with Crippen LogP contribution in [0.5, 0.6) is 0 Å². The number of ether oxygens (including phenoxy) is 5. The summed E-state index contributed by atoms with van der Waals surface area (Å²) in [6, 6.07) is 0. The molecule has 0 aromatic heterocycles. The van der Waals surface area contributed by atoms with Gasteiger partial charge in [-0.15, -0.1) is 0 Å². The Hall–Kier alpha value is -1.50. The van der Waals surface area contributed by atoms with Crippen LogP contribution in [0.15, 0.2) is 5.11 Å². The zero-order valence-electron chi connectivity index (χ0n) is 16.0. The number of hydrogen-bond acceptors (Lipinski definition) is 10. The minimum atomic E-state index is -1.59. The van der Waals surface area contributed by atoms with Gasteiger partial charge in [-0.25, -0.2) is 4.79 Å². The summed E-state index contributed by atoms with van der Waals surface area (Å²) >= 11 is 0. The van der Waals surface area contributed by atoms with E-state index in [-0.39, 0.29) is 25.0 Å². The Bertz CT molecular complexity index is 574. The molecule has 3 N–H and O–H groups in total. The molecule has 160 valence electrons. The molecule has 0 radical (unpaired) electrons. The first kappa shape index (κ1) is 22.8. The SMILES string of the molecule is COC(=O)C1O[C@@H](OCCN=[N+]=[N-])C(O)[C@@H](O[C@H]2OC[C@@H](C)[C@H](C)C2O)[C@@H]1O. The molecule has 9 atom stereocenters. The maximum absolute atomic E-state index is 12.0. The van der Waals surface area contributed by atoms with Gasteiger partial charge >= 0.3 is 5.97 Å². The lowest BCUT2D eigenvalue weighted by molar-refractivity contribution is -0.338. The number of carbonyl (C=O) groups is 1. The lowest BCUT2D eigenvalue weighted by Gasteiger charge is -2.44. The molecule has 2 aliphatic heterocycles. The molecule has 12 heteroatoms. The largest absolute Gasteiger partial charge is 0.467 e. The Morgan fingerprint density at radius 3 is 2.57 bits per heavy atom. The molecule has 2 saturated heterocycles. The first-order valence-electron chi connectivity index (χ1n) is 8.98. The predicted molar refractivity (Wildman–Crippen MR) is 91.6 cm³/mol. The van der Waals surface area contributed by atoms with Crippen LogP contribution in [0.25, 0.3) is 10.4 Å². The number of aliphatic hydroxyl groups is 3. The smallest absolute Gasteiger partial charge is 0.337 e. The van der Waals surface area contributed by atoms with Gasteiger partial charge in [0.15, 0.2) is 18.7 Å². The second kappa shape index (κ2) is 10.3. The van der Waals surface area contributed by atoms with Gasteiger partial charge in [0.2, 0.25) is 0 Å². The van der Waals surface area contributed by atoms with E-state index in [9.17, 15) is 20.1 Å². The van der Waals surface area contributed by atoms with Gasteiger partial charge in [0.05, 0.1) is 20.3 Å². The van der Waals surface area contributed by atoms with Crippen molar-refractivity contribution in [3.8, 4) is 0 Å². The van der Waals surface area contributed by atoms with Crippen molar-refractivity contribution in [1.29, 1.82) is 0 Å². The molecule has 0 aromatic carbocycles. The van der Waals surface area contributed by atoms with E-state index < -0.39 is 49.1 Å². The Kier molecular flexibility index (Phi) is 8.40. The summed E-state index contributed by atoms with van der Waals surface area (Å²) in [5.74, 6) is -0.928. The highest BCUT2D eigenvalue weighted by Crippen LogP contribution is 2.31. The summed E-state index contributed by atoms with van der Waals surface area (Å²) in [5, 5.41) is 34.7. The molecule has 2 heterocycles. The molecule has 0 bridgehead atoms.